The second-order valence-corrected chi connectivity index (χ2v) is 7.63. The molecule has 1 unspecified atom stereocenters. The first-order valence-corrected chi connectivity index (χ1v) is 8.53. The van der Waals surface area contributed by atoms with E-state index in [-0.39, 0.29) is 11.8 Å². The summed E-state index contributed by atoms with van der Waals surface area (Å²) >= 11 is 0. The monoisotopic (exact) mass is 282 g/mol. The molecule has 1 aromatic carbocycles. The molecule has 5 heteroatoms. The molecule has 0 saturated carbocycles. The van der Waals surface area contributed by atoms with Gasteiger partial charge in [-0.1, -0.05) is 29.8 Å². The van der Waals surface area contributed by atoms with Gasteiger partial charge in [-0.25, -0.2) is 8.42 Å². The average molecular weight is 282 g/mol. The molecule has 1 saturated heterocycles. The fourth-order valence-electron chi connectivity index (χ4n) is 2.37. The predicted octanol–water partition coefficient (Wildman–Crippen LogP) is 1.12. The van der Waals surface area contributed by atoms with Crippen LogP contribution in [0.25, 0.3) is 0 Å². The Morgan fingerprint density at radius 1 is 1.21 bits per heavy atom. The molecule has 1 aliphatic heterocycles. The first-order chi connectivity index (χ1) is 8.96. The van der Waals surface area contributed by atoms with Crippen LogP contribution in [0.1, 0.15) is 23.6 Å². The molecule has 2 N–H and O–H groups in total. The molecule has 1 atom stereocenters. The highest BCUT2D eigenvalue weighted by Gasteiger charge is 2.20. The summed E-state index contributed by atoms with van der Waals surface area (Å²) in [4.78, 5) is 2.16. The van der Waals surface area contributed by atoms with Crippen LogP contribution in [0.3, 0.4) is 0 Å². The minimum atomic E-state index is -2.84. The van der Waals surface area contributed by atoms with E-state index in [0.29, 0.717) is 18.7 Å². The van der Waals surface area contributed by atoms with Crippen molar-refractivity contribution in [3.63, 3.8) is 0 Å². The quantitative estimate of drug-likeness (QED) is 0.902. The van der Waals surface area contributed by atoms with E-state index in [1.807, 2.05) is 0 Å². The summed E-state index contributed by atoms with van der Waals surface area (Å²) < 4.78 is 23.1. The van der Waals surface area contributed by atoms with E-state index in [0.717, 1.165) is 18.7 Å². The third kappa shape index (κ3) is 4.30. The highest BCUT2D eigenvalue weighted by Crippen LogP contribution is 2.14. The summed E-state index contributed by atoms with van der Waals surface area (Å²) in [5.41, 5.74) is 8.53. The lowest BCUT2D eigenvalue weighted by Gasteiger charge is -2.23. The summed E-state index contributed by atoms with van der Waals surface area (Å²) in [7, 11) is -2.84. The molecule has 106 valence electrons. The Hall–Kier alpha value is -0.910. The number of benzene rings is 1. The van der Waals surface area contributed by atoms with Crippen molar-refractivity contribution < 1.29 is 8.42 Å². The maximum absolute atomic E-state index is 11.6. The Morgan fingerprint density at radius 3 is 2.58 bits per heavy atom. The fourth-order valence-corrected chi connectivity index (χ4v) is 3.68. The Kier molecular flexibility index (Phi) is 4.60. The van der Waals surface area contributed by atoms with Crippen molar-refractivity contribution in [2.24, 2.45) is 5.73 Å². The maximum atomic E-state index is 11.6. The SMILES string of the molecule is Cc1ccc(C(N)CN2CCCS(=O)(=O)CC2)cc1. The van der Waals surface area contributed by atoms with Gasteiger partial charge in [-0.15, -0.1) is 0 Å². The van der Waals surface area contributed by atoms with Gasteiger partial charge in [0.05, 0.1) is 11.5 Å². The van der Waals surface area contributed by atoms with Gasteiger partial charge in [0.1, 0.15) is 0 Å². The van der Waals surface area contributed by atoms with Crippen molar-refractivity contribution in [3.8, 4) is 0 Å². The summed E-state index contributed by atoms with van der Waals surface area (Å²) in [6.07, 6.45) is 0.711. The summed E-state index contributed by atoms with van der Waals surface area (Å²) in [6.45, 7) is 4.19. The van der Waals surface area contributed by atoms with Crippen LogP contribution in [0.2, 0.25) is 0 Å². The van der Waals surface area contributed by atoms with Crippen LogP contribution in [-0.2, 0) is 9.84 Å². The van der Waals surface area contributed by atoms with Gasteiger partial charge in [-0.2, -0.15) is 0 Å². The third-order valence-corrected chi connectivity index (χ3v) is 5.32. The topological polar surface area (TPSA) is 63.4 Å². The van der Waals surface area contributed by atoms with E-state index in [4.69, 9.17) is 5.73 Å². The van der Waals surface area contributed by atoms with Crippen molar-refractivity contribution in [1.82, 2.24) is 4.90 Å². The molecule has 2 rings (SSSR count). The Bertz CT molecular complexity index is 511. The van der Waals surface area contributed by atoms with E-state index in [1.54, 1.807) is 0 Å². The van der Waals surface area contributed by atoms with Gasteiger partial charge in [0.2, 0.25) is 0 Å². The molecular weight excluding hydrogens is 260 g/mol. The maximum Gasteiger partial charge on any atom is 0.151 e. The van der Waals surface area contributed by atoms with E-state index in [1.165, 1.54) is 5.56 Å². The molecule has 1 heterocycles. The van der Waals surface area contributed by atoms with Crippen LogP contribution >= 0.6 is 0 Å². The number of nitrogens with zero attached hydrogens (tertiary/aromatic N) is 1. The number of hydrogen-bond acceptors (Lipinski definition) is 4. The van der Waals surface area contributed by atoms with Crippen LogP contribution < -0.4 is 5.73 Å². The largest absolute Gasteiger partial charge is 0.323 e. The highest BCUT2D eigenvalue weighted by atomic mass is 32.2. The van der Waals surface area contributed by atoms with Crippen molar-refractivity contribution >= 4 is 9.84 Å². The number of sulfone groups is 1. The van der Waals surface area contributed by atoms with Crippen molar-refractivity contribution in [3.05, 3.63) is 35.4 Å². The van der Waals surface area contributed by atoms with E-state index >= 15 is 0 Å². The zero-order valence-corrected chi connectivity index (χ0v) is 12.2. The Balaban J connectivity index is 1.95. The lowest BCUT2D eigenvalue weighted by atomic mass is 10.1. The van der Waals surface area contributed by atoms with Crippen LogP contribution in [0.4, 0.5) is 0 Å². The molecule has 0 bridgehead atoms. The van der Waals surface area contributed by atoms with Crippen LogP contribution in [0.15, 0.2) is 24.3 Å². The molecule has 4 nitrogen and oxygen atoms in total. The zero-order chi connectivity index (χ0) is 13.9. The number of aryl methyl sites for hydroxylation is 1. The third-order valence-electron chi connectivity index (χ3n) is 3.61. The molecule has 1 aliphatic rings. The Labute approximate surface area is 115 Å². The van der Waals surface area contributed by atoms with Crippen molar-refractivity contribution in [2.45, 2.75) is 19.4 Å². The van der Waals surface area contributed by atoms with Gasteiger partial charge >= 0.3 is 0 Å². The zero-order valence-electron chi connectivity index (χ0n) is 11.4. The van der Waals surface area contributed by atoms with Crippen molar-refractivity contribution in [1.29, 1.82) is 0 Å². The highest BCUT2D eigenvalue weighted by molar-refractivity contribution is 7.91. The first kappa shape index (κ1) is 14.5. The number of hydrogen-bond donors (Lipinski definition) is 1. The summed E-state index contributed by atoms with van der Waals surface area (Å²) in [6, 6.07) is 8.16. The van der Waals surface area contributed by atoms with Crippen LogP contribution in [0, 0.1) is 6.92 Å². The van der Waals surface area contributed by atoms with Gasteiger partial charge < -0.3 is 10.6 Å². The average Bonchev–Trinajstić information content (AvgIpc) is 2.52. The molecule has 0 spiro atoms. The minimum Gasteiger partial charge on any atom is -0.323 e. The molecule has 1 aromatic rings. The smallest absolute Gasteiger partial charge is 0.151 e. The van der Waals surface area contributed by atoms with Gasteiger partial charge in [-0.3, -0.25) is 0 Å². The molecule has 0 aliphatic carbocycles. The van der Waals surface area contributed by atoms with Crippen molar-refractivity contribution in [2.75, 3.05) is 31.1 Å². The number of rotatable bonds is 3. The fraction of sp³-hybridized carbons (Fsp3) is 0.571. The van der Waals surface area contributed by atoms with Gasteiger partial charge in [0.15, 0.2) is 9.84 Å². The van der Waals surface area contributed by atoms with Gasteiger partial charge in [-0.05, 0) is 25.5 Å². The van der Waals surface area contributed by atoms with Gasteiger partial charge in [0.25, 0.3) is 0 Å². The van der Waals surface area contributed by atoms with E-state index in [2.05, 4.69) is 36.1 Å². The molecule has 0 radical (unpaired) electrons. The molecule has 1 fully saturated rings. The van der Waals surface area contributed by atoms with Gasteiger partial charge in [0, 0.05) is 19.1 Å². The first-order valence-electron chi connectivity index (χ1n) is 6.71. The molecular formula is C14H22N2O2S. The Morgan fingerprint density at radius 2 is 1.89 bits per heavy atom. The van der Waals surface area contributed by atoms with E-state index in [9.17, 15) is 8.42 Å². The lowest BCUT2D eigenvalue weighted by Crippen LogP contribution is -2.34. The standard InChI is InChI=1S/C14H22N2O2S/c1-12-3-5-13(6-4-12)14(15)11-16-7-2-9-19(17,18)10-8-16/h3-6,14H,2,7-11,15H2,1H3. The lowest BCUT2D eigenvalue weighted by molar-refractivity contribution is 0.277. The second kappa shape index (κ2) is 6.03. The molecule has 19 heavy (non-hydrogen) atoms. The van der Waals surface area contributed by atoms with E-state index < -0.39 is 9.84 Å². The van der Waals surface area contributed by atoms with Crippen LogP contribution in [0.5, 0.6) is 0 Å². The normalized spacial score (nSPS) is 21.8. The predicted molar refractivity (Wildman–Crippen MR) is 77.8 cm³/mol. The van der Waals surface area contributed by atoms with Crippen LogP contribution in [-0.4, -0.2) is 44.5 Å². The molecule has 0 aromatic heterocycles. The second-order valence-electron chi connectivity index (χ2n) is 5.32. The molecule has 0 amide bonds. The summed E-state index contributed by atoms with van der Waals surface area (Å²) in [5, 5.41) is 0. The number of nitrogens with two attached hydrogens (primary N) is 1. The summed E-state index contributed by atoms with van der Waals surface area (Å²) in [5.74, 6) is 0.566. The minimum absolute atomic E-state index is 0.0543.